The van der Waals surface area contributed by atoms with Crippen molar-refractivity contribution in [2.75, 3.05) is 6.54 Å². The van der Waals surface area contributed by atoms with E-state index in [0.29, 0.717) is 10.6 Å². The van der Waals surface area contributed by atoms with Crippen molar-refractivity contribution < 1.29 is 4.79 Å². The third-order valence-corrected chi connectivity index (χ3v) is 5.13. The first-order valence-corrected chi connectivity index (χ1v) is 7.91. The Labute approximate surface area is 128 Å². The summed E-state index contributed by atoms with van der Waals surface area (Å²) in [5, 5.41) is 3.67. The normalized spacial score (nSPS) is 18.1. The fourth-order valence-corrected chi connectivity index (χ4v) is 3.11. The second kappa shape index (κ2) is 6.27. The summed E-state index contributed by atoms with van der Waals surface area (Å²) in [6.45, 7) is 3.02. The maximum atomic E-state index is 12.1. The quantitative estimate of drug-likeness (QED) is 0.838. The van der Waals surface area contributed by atoms with E-state index < -0.39 is 0 Å². The standard InChI is InChI=1S/C15H19BrClNO/c1-15(7-3-2-4-8-15)10-18-14(19)11-5-6-13(17)12(16)9-11/h5-6,9H,2-4,7-8,10H2,1H3,(H,18,19). The molecule has 1 aliphatic rings. The van der Waals surface area contributed by atoms with Crippen LogP contribution in [0.2, 0.25) is 5.02 Å². The van der Waals surface area contributed by atoms with E-state index in [4.69, 9.17) is 11.6 Å². The van der Waals surface area contributed by atoms with Gasteiger partial charge < -0.3 is 5.32 Å². The molecule has 2 nitrogen and oxygen atoms in total. The van der Waals surface area contributed by atoms with E-state index in [0.717, 1.165) is 11.0 Å². The van der Waals surface area contributed by atoms with Crippen molar-refractivity contribution in [1.29, 1.82) is 0 Å². The molecule has 2 rings (SSSR count). The zero-order chi connectivity index (χ0) is 13.9. The molecule has 1 aromatic carbocycles. The second-order valence-corrected chi connectivity index (χ2v) is 6.94. The van der Waals surface area contributed by atoms with Gasteiger partial charge in [-0.1, -0.05) is 37.8 Å². The van der Waals surface area contributed by atoms with Crippen LogP contribution in [0.3, 0.4) is 0 Å². The molecule has 1 N–H and O–H groups in total. The van der Waals surface area contributed by atoms with Gasteiger partial charge >= 0.3 is 0 Å². The summed E-state index contributed by atoms with van der Waals surface area (Å²) >= 11 is 9.27. The van der Waals surface area contributed by atoms with E-state index in [2.05, 4.69) is 28.2 Å². The van der Waals surface area contributed by atoms with Crippen LogP contribution in [0.1, 0.15) is 49.4 Å². The molecular weight excluding hydrogens is 326 g/mol. The van der Waals surface area contributed by atoms with Crippen LogP contribution >= 0.6 is 27.5 Å². The Morgan fingerprint density at radius 2 is 2.05 bits per heavy atom. The lowest BCUT2D eigenvalue weighted by Crippen LogP contribution is -2.37. The number of amides is 1. The van der Waals surface area contributed by atoms with Gasteiger partial charge in [0.25, 0.3) is 5.91 Å². The van der Waals surface area contributed by atoms with Crippen LogP contribution in [0, 0.1) is 5.41 Å². The molecule has 1 aliphatic carbocycles. The lowest BCUT2D eigenvalue weighted by Gasteiger charge is -2.33. The first-order chi connectivity index (χ1) is 9.00. The number of benzene rings is 1. The van der Waals surface area contributed by atoms with Crippen LogP contribution in [0.5, 0.6) is 0 Å². The number of halogens is 2. The highest BCUT2D eigenvalue weighted by Crippen LogP contribution is 2.35. The number of carbonyl (C=O) groups is 1. The second-order valence-electron chi connectivity index (χ2n) is 5.68. The Hall–Kier alpha value is -0.540. The van der Waals surface area contributed by atoms with Gasteiger partial charge in [0.2, 0.25) is 0 Å². The fourth-order valence-electron chi connectivity index (χ4n) is 2.62. The molecule has 0 spiro atoms. The molecule has 1 fully saturated rings. The van der Waals surface area contributed by atoms with Crippen LogP contribution < -0.4 is 5.32 Å². The Morgan fingerprint density at radius 3 is 2.68 bits per heavy atom. The van der Waals surface area contributed by atoms with Crippen molar-refractivity contribution in [3.63, 3.8) is 0 Å². The number of hydrogen-bond acceptors (Lipinski definition) is 1. The zero-order valence-corrected chi connectivity index (χ0v) is 13.5. The summed E-state index contributed by atoms with van der Waals surface area (Å²) in [6.07, 6.45) is 6.29. The van der Waals surface area contributed by atoms with Crippen molar-refractivity contribution in [3.8, 4) is 0 Å². The Morgan fingerprint density at radius 1 is 1.37 bits per heavy atom. The first-order valence-electron chi connectivity index (χ1n) is 6.73. The summed E-state index contributed by atoms with van der Waals surface area (Å²) < 4.78 is 0.755. The van der Waals surface area contributed by atoms with Gasteiger partial charge in [-0.15, -0.1) is 0 Å². The number of nitrogens with one attached hydrogen (secondary N) is 1. The molecule has 0 aliphatic heterocycles. The van der Waals surface area contributed by atoms with E-state index in [1.54, 1.807) is 18.2 Å². The first kappa shape index (κ1) is 14.9. The minimum Gasteiger partial charge on any atom is -0.351 e. The Kier molecular flexibility index (Phi) is 4.91. The van der Waals surface area contributed by atoms with Gasteiger partial charge in [0.05, 0.1) is 5.02 Å². The molecule has 0 radical (unpaired) electrons. The van der Waals surface area contributed by atoms with Gasteiger partial charge in [-0.25, -0.2) is 0 Å². The molecule has 104 valence electrons. The van der Waals surface area contributed by atoms with Crippen LogP contribution in [-0.4, -0.2) is 12.5 Å². The Balaban J connectivity index is 1.95. The molecule has 0 atom stereocenters. The molecule has 1 saturated carbocycles. The van der Waals surface area contributed by atoms with Gasteiger partial charge in [0.15, 0.2) is 0 Å². The van der Waals surface area contributed by atoms with Crippen molar-refractivity contribution >= 4 is 33.4 Å². The minimum absolute atomic E-state index is 0.0239. The summed E-state index contributed by atoms with van der Waals surface area (Å²) in [7, 11) is 0. The van der Waals surface area contributed by atoms with E-state index >= 15 is 0 Å². The molecule has 0 heterocycles. The van der Waals surface area contributed by atoms with Crippen LogP contribution in [-0.2, 0) is 0 Å². The highest BCUT2D eigenvalue weighted by molar-refractivity contribution is 9.10. The van der Waals surface area contributed by atoms with Crippen molar-refractivity contribution in [2.24, 2.45) is 5.41 Å². The average molecular weight is 345 g/mol. The van der Waals surface area contributed by atoms with Gasteiger partial charge in [-0.2, -0.15) is 0 Å². The molecular formula is C15H19BrClNO. The van der Waals surface area contributed by atoms with E-state index in [9.17, 15) is 4.79 Å². The van der Waals surface area contributed by atoms with Gasteiger partial charge in [-0.3, -0.25) is 4.79 Å². The minimum atomic E-state index is -0.0239. The predicted molar refractivity (Wildman–Crippen MR) is 82.7 cm³/mol. The maximum Gasteiger partial charge on any atom is 0.251 e. The molecule has 1 aromatic rings. The van der Waals surface area contributed by atoms with Crippen molar-refractivity contribution in [1.82, 2.24) is 5.32 Å². The summed E-state index contributed by atoms with van der Waals surface area (Å²) in [5.74, 6) is -0.0239. The lowest BCUT2D eigenvalue weighted by molar-refractivity contribution is 0.0919. The number of carbonyl (C=O) groups excluding carboxylic acids is 1. The van der Waals surface area contributed by atoms with Gasteiger partial charge in [0.1, 0.15) is 0 Å². The number of hydrogen-bond donors (Lipinski definition) is 1. The summed E-state index contributed by atoms with van der Waals surface area (Å²) in [6, 6.07) is 5.26. The highest BCUT2D eigenvalue weighted by atomic mass is 79.9. The maximum absolute atomic E-state index is 12.1. The largest absolute Gasteiger partial charge is 0.351 e. The van der Waals surface area contributed by atoms with Crippen molar-refractivity contribution in [3.05, 3.63) is 33.3 Å². The lowest BCUT2D eigenvalue weighted by atomic mass is 9.76. The third kappa shape index (κ3) is 3.96. The number of rotatable bonds is 3. The van der Waals surface area contributed by atoms with Crippen LogP contribution in [0.15, 0.2) is 22.7 Å². The van der Waals surface area contributed by atoms with Gasteiger partial charge in [-0.05, 0) is 52.4 Å². The third-order valence-electron chi connectivity index (χ3n) is 3.92. The monoisotopic (exact) mass is 343 g/mol. The van der Waals surface area contributed by atoms with E-state index in [-0.39, 0.29) is 11.3 Å². The topological polar surface area (TPSA) is 29.1 Å². The summed E-state index contributed by atoms with van der Waals surface area (Å²) in [5.41, 5.74) is 0.910. The van der Waals surface area contributed by atoms with Gasteiger partial charge in [0, 0.05) is 16.6 Å². The fraction of sp³-hybridized carbons (Fsp3) is 0.533. The molecule has 0 saturated heterocycles. The summed E-state index contributed by atoms with van der Waals surface area (Å²) in [4.78, 5) is 12.1. The Bertz CT molecular complexity index is 469. The van der Waals surface area contributed by atoms with Crippen molar-refractivity contribution in [2.45, 2.75) is 39.0 Å². The SMILES string of the molecule is CC1(CNC(=O)c2ccc(Cl)c(Br)c2)CCCCC1. The highest BCUT2D eigenvalue weighted by Gasteiger charge is 2.27. The molecule has 0 bridgehead atoms. The molecule has 1 amide bonds. The molecule has 4 heteroatoms. The molecule has 19 heavy (non-hydrogen) atoms. The van der Waals surface area contributed by atoms with Crippen LogP contribution in [0.4, 0.5) is 0 Å². The predicted octanol–water partition coefficient (Wildman–Crippen LogP) is 4.80. The average Bonchev–Trinajstić information content (AvgIpc) is 2.40. The van der Waals surface area contributed by atoms with E-state index in [1.807, 2.05) is 0 Å². The molecule has 0 unspecified atom stereocenters. The smallest absolute Gasteiger partial charge is 0.251 e. The van der Waals surface area contributed by atoms with Crippen LogP contribution in [0.25, 0.3) is 0 Å². The molecule has 0 aromatic heterocycles. The van der Waals surface area contributed by atoms with E-state index in [1.165, 1.54) is 32.1 Å². The zero-order valence-electron chi connectivity index (χ0n) is 11.1.